The van der Waals surface area contributed by atoms with Crippen LogP contribution in [0.2, 0.25) is 0 Å². The monoisotopic (exact) mass is 450 g/mol. The van der Waals surface area contributed by atoms with Gasteiger partial charge in [0.25, 0.3) is 0 Å². The fraction of sp³-hybridized carbons (Fsp3) is 0.200. The van der Waals surface area contributed by atoms with Crippen molar-refractivity contribution in [3.63, 3.8) is 0 Å². The second kappa shape index (κ2) is 9.16. The Morgan fingerprint density at radius 3 is 2.45 bits per heavy atom. The molecule has 2 amide bonds. The topological polar surface area (TPSA) is 49.4 Å². The average molecular weight is 451 g/mol. The van der Waals surface area contributed by atoms with Gasteiger partial charge in [0.15, 0.2) is 0 Å². The lowest BCUT2D eigenvalue weighted by atomic mass is 10.1. The van der Waals surface area contributed by atoms with Gasteiger partial charge >= 0.3 is 0 Å². The molecule has 0 bridgehead atoms. The summed E-state index contributed by atoms with van der Waals surface area (Å²) in [6, 6.07) is 22.9. The quantitative estimate of drug-likeness (QED) is 0.485. The van der Waals surface area contributed by atoms with E-state index in [1.54, 1.807) is 11.8 Å². The molecule has 4 nitrogen and oxygen atoms in total. The summed E-state index contributed by atoms with van der Waals surface area (Å²) in [4.78, 5) is 27.1. The van der Waals surface area contributed by atoms with Gasteiger partial charge in [-0.3, -0.25) is 14.5 Å². The zero-order valence-electron chi connectivity index (χ0n) is 17.3. The summed E-state index contributed by atoms with van der Waals surface area (Å²) in [5.74, 6) is 0.276. The zero-order chi connectivity index (χ0) is 22.0. The highest BCUT2D eigenvalue weighted by atomic mass is 35.5. The number of carbonyl (C=O) groups is 2. The number of rotatable bonds is 5. The normalized spacial score (nSPS) is 16.9. The number of alkyl halides is 1. The molecule has 0 spiro atoms. The van der Waals surface area contributed by atoms with Crippen molar-refractivity contribution in [1.29, 1.82) is 0 Å². The van der Waals surface area contributed by atoms with Crippen LogP contribution >= 0.6 is 23.4 Å². The maximum Gasteiger partial charge on any atom is 0.246 e. The molecular weight excluding hydrogens is 428 g/mol. The molecule has 1 N–H and O–H groups in total. The van der Waals surface area contributed by atoms with Crippen LogP contribution in [0.4, 0.5) is 11.4 Å². The van der Waals surface area contributed by atoms with Gasteiger partial charge in [-0.05, 0) is 54.3 Å². The van der Waals surface area contributed by atoms with Crippen LogP contribution in [-0.2, 0) is 9.59 Å². The van der Waals surface area contributed by atoms with Crippen LogP contribution in [0.3, 0.4) is 0 Å². The molecule has 3 aromatic carbocycles. The van der Waals surface area contributed by atoms with E-state index in [2.05, 4.69) is 18.3 Å². The highest BCUT2D eigenvalue weighted by molar-refractivity contribution is 8.00. The molecule has 0 radical (unpaired) electrons. The first-order valence-corrected chi connectivity index (χ1v) is 11.5. The number of carbonyl (C=O) groups excluding carboxylic acids is 2. The minimum Gasteiger partial charge on any atom is -0.325 e. The van der Waals surface area contributed by atoms with E-state index in [4.69, 9.17) is 11.6 Å². The third-order valence-corrected chi connectivity index (χ3v) is 7.15. The van der Waals surface area contributed by atoms with E-state index in [1.807, 2.05) is 78.6 Å². The fourth-order valence-corrected chi connectivity index (χ4v) is 5.01. The lowest BCUT2D eigenvalue weighted by Gasteiger charge is -2.26. The summed E-state index contributed by atoms with van der Waals surface area (Å²) >= 11 is 7.92. The first kappa shape index (κ1) is 21.5. The van der Waals surface area contributed by atoms with Crippen molar-refractivity contribution >= 4 is 46.6 Å². The highest BCUT2D eigenvalue weighted by Gasteiger charge is 2.35. The maximum absolute atomic E-state index is 12.7. The lowest BCUT2D eigenvalue weighted by molar-refractivity contribution is -0.116. The van der Waals surface area contributed by atoms with E-state index in [-0.39, 0.29) is 17.2 Å². The Balaban J connectivity index is 1.51. The first-order chi connectivity index (χ1) is 15.0. The summed E-state index contributed by atoms with van der Waals surface area (Å²) < 4.78 is 0. The number of aryl methyl sites for hydroxylation is 1. The molecule has 1 aliphatic rings. The second-order valence-corrected chi connectivity index (χ2v) is 9.04. The van der Waals surface area contributed by atoms with E-state index in [0.717, 1.165) is 27.9 Å². The van der Waals surface area contributed by atoms with Gasteiger partial charge in [-0.1, -0.05) is 54.6 Å². The molecule has 31 heavy (non-hydrogen) atoms. The van der Waals surface area contributed by atoms with Crippen molar-refractivity contribution in [3.8, 4) is 0 Å². The van der Waals surface area contributed by atoms with E-state index in [1.165, 1.54) is 0 Å². The van der Waals surface area contributed by atoms with Gasteiger partial charge in [-0.25, -0.2) is 0 Å². The summed E-state index contributed by atoms with van der Waals surface area (Å²) in [6.45, 7) is 4.10. The van der Waals surface area contributed by atoms with E-state index >= 15 is 0 Å². The number of benzene rings is 3. The highest BCUT2D eigenvalue weighted by Crippen LogP contribution is 2.43. The smallest absolute Gasteiger partial charge is 0.246 e. The summed E-state index contributed by atoms with van der Waals surface area (Å²) in [7, 11) is 0. The molecule has 6 heteroatoms. The van der Waals surface area contributed by atoms with Crippen molar-refractivity contribution in [2.45, 2.75) is 24.6 Å². The van der Waals surface area contributed by atoms with E-state index < -0.39 is 5.38 Å². The molecule has 2 atom stereocenters. The van der Waals surface area contributed by atoms with Crippen LogP contribution in [0.5, 0.6) is 0 Å². The predicted octanol–water partition coefficient (Wildman–Crippen LogP) is 6.00. The number of anilines is 2. The number of thioether (sulfide) groups is 1. The van der Waals surface area contributed by atoms with Gasteiger partial charge in [-0.2, -0.15) is 0 Å². The molecule has 3 aromatic rings. The minimum absolute atomic E-state index is 0.0946. The van der Waals surface area contributed by atoms with E-state index in [9.17, 15) is 9.59 Å². The van der Waals surface area contributed by atoms with Gasteiger partial charge < -0.3 is 5.32 Å². The second-order valence-electron chi connectivity index (χ2n) is 7.53. The van der Waals surface area contributed by atoms with Crippen molar-refractivity contribution in [2.75, 3.05) is 16.0 Å². The number of nitrogens with one attached hydrogen (secondary N) is 1. The Hall–Kier alpha value is -2.76. The molecule has 1 saturated heterocycles. The number of amides is 2. The Bertz CT molecular complexity index is 1100. The van der Waals surface area contributed by atoms with Crippen molar-refractivity contribution < 1.29 is 9.59 Å². The predicted molar refractivity (Wildman–Crippen MR) is 129 cm³/mol. The lowest BCUT2D eigenvalue weighted by Crippen LogP contribution is -2.28. The summed E-state index contributed by atoms with van der Waals surface area (Å²) in [5, 5.41) is 2.01. The Labute approximate surface area is 191 Å². The molecule has 0 aliphatic carbocycles. The molecule has 4 rings (SSSR count). The fourth-order valence-electron chi connectivity index (χ4n) is 3.64. The SMILES string of the molecule is Cc1cccc(N2C(=O)CS[C@@H]2c2ccc(NC(=O)[C@@H](Cl)c3ccccc3)cc2)c1C. The van der Waals surface area contributed by atoms with Crippen molar-refractivity contribution in [2.24, 2.45) is 0 Å². The van der Waals surface area contributed by atoms with Crippen molar-refractivity contribution in [1.82, 2.24) is 0 Å². The summed E-state index contributed by atoms with van der Waals surface area (Å²) in [6.07, 6.45) is 0. The summed E-state index contributed by atoms with van der Waals surface area (Å²) in [5.41, 5.74) is 5.66. The molecule has 0 unspecified atom stereocenters. The first-order valence-electron chi connectivity index (χ1n) is 10.1. The molecule has 0 saturated carbocycles. The van der Waals surface area contributed by atoms with Gasteiger partial charge in [-0.15, -0.1) is 23.4 Å². The average Bonchev–Trinajstić information content (AvgIpc) is 3.17. The molecule has 158 valence electrons. The zero-order valence-corrected chi connectivity index (χ0v) is 18.9. The van der Waals surface area contributed by atoms with Crippen LogP contribution in [0.25, 0.3) is 0 Å². The molecule has 1 fully saturated rings. The Morgan fingerprint density at radius 2 is 1.74 bits per heavy atom. The van der Waals surface area contributed by atoms with Crippen LogP contribution in [0.1, 0.15) is 33.0 Å². The van der Waals surface area contributed by atoms with Gasteiger partial charge in [0.1, 0.15) is 10.8 Å². The maximum atomic E-state index is 12.7. The Kier molecular flexibility index (Phi) is 6.35. The van der Waals surface area contributed by atoms with E-state index in [0.29, 0.717) is 11.4 Å². The molecule has 1 heterocycles. The Morgan fingerprint density at radius 1 is 1.03 bits per heavy atom. The third kappa shape index (κ3) is 4.48. The number of nitrogens with zero attached hydrogens (tertiary/aromatic N) is 1. The van der Waals surface area contributed by atoms with Crippen LogP contribution in [0.15, 0.2) is 72.8 Å². The van der Waals surface area contributed by atoms with Gasteiger partial charge in [0.05, 0.1) is 5.75 Å². The standard InChI is InChI=1S/C25H23ClN2O2S/c1-16-7-6-10-21(17(16)2)28-22(29)15-31-25(28)19-11-13-20(14-12-19)27-24(30)23(26)18-8-4-3-5-9-18/h3-14,23,25H,15H2,1-2H3,(H,27,30)/t23-,25+/m0/s1. The van der Waals surface area contributed by atoms with Gasteiger partial charge in [0, 0.05) is 11.4 Å². The van der Waals surface area contributed by atoms with Crippen LogP contribution in [0, 0.1) is 13.8 Å². The van der Waals surface area contributed by atoms with Crippen LogP contribution < -0.4 is 10.2 Å². The molecular formula is C25H23ClN2O2S. The number of hydrogen-bond donors (Lipinski definition) is 1. The van der Waals surface area contributed by atoms with Crippen LogP contribution in [-0.4, -0.2) is 17.6 Å². The van der Waals surface area contributed by atoms with Gasteiger partial charge in [0.2, 0.25) is 11.8 Å². The number of halogens is 1. The molecule has 0 aromatic heterocycles. The number of hydrogen-bond acceptors (Lipinski definition) is 3. The molecule has 1 aliphatic heterocycles. The minimum atomic E-state index is -0.760. The third-order valence-electron chi connectivity index (χ3n) is 5.49. The largest absolute Gasteiger partial charge is 0.325 e. The van der Waals surface area contributed by atoms with Crippen molar-refractivity contribution in [3.05, 3.63) is 95.1 Å².